The van der Waals surface area contributed by atoms with Crippen LogP contribution in [-0.4, -0.2) is 27.2 Å². The molecule has 0 saturated carbocycles. The third-order valence-corrected chi connectivity index (χ3v) is 3.82. The number of amides is 1. The first kappa shape index (κ1) is 17.9. The van der Waals surface area contributed by atoms with Crippen molar-refractivity contribution in [1.29, 1.82) is 0 Å². The summed E-state index contributed by atoms with van der Waals surface area (Å²) in [7, 11) is 4.72. The van der Waals surface area contributed by atoms with Crippen LogP contribution in [0.15, 0.2) is 36.4 Å². The van der Waals surface area contributed by atoms with E-state index in [9.17, 15) is 4.79 Å². The van der Waals surface area contributed by atoms with Gasteiger partial charge in [-0.15, -0.1) is 0 Å². The molecule has 5 nitrogen and oxygen atoms in total. The number of nitrogens with one attached hydrogen (secondary N) is 1. The van der Waals surface area contributed by atoms with Crippen molar-refractivity contribution < 1.29 is 19.0 Å². The first-order valence-electron chi connectivity index (χ1n) is 7.41. The summed E-state index contributed by atoms with van der Waals surface area (Å²) < 4.78 is 15.5. The lowest BCUT2D eigenvalue weighted by atomic mass is 10.1. The minimum Gasteiger partial charge on any atom is -0.495 e. The second-order valence-corrected chi connectivity index (χ2v) is 5.49. The number of benzene rings is 2. The van der Waals surface area contributed by atoms with Crippen molar-refractivity contribution in [2.75, 3.05) is 26.6 Å². The van der Waals surface area contributed by atoms with E-state index in [4.69, 9.17) is 25.8 Å². The molecule has 1 N–H and O–H groups in total. The molecule has 24 heavy (non-hydrogen) atoms. The molecule has 0 aliphatic rings. The first-order valence-corrected chi connectivity index (χ1v) is 7.79. The van der Waals surface area contributed by atoms with Gasteiger partial charge in [-0.25, -0.2) is 0 Å². The second-order valence-electron chi connectivity index (χ2n) is 5.09. The van der Waals surface area contributed by atoms with Crippen molar-refractivity contribution in [2.45, 2.75) is 12.8 Å². The molecule has 0 aromatic heterocycles. The van der Waals surface area contributed by atoms with Crippen molar-refractivity contribution in [3.8, 4) is 17.2 Å². The molecular weight excluding hydrogens is 330 g/mol. The maximum atomic E-state index is 12.1. The van der Waals surface area contributed by atoms with Crippen molar-refractivity contribution in [3.05, 3.63) is 47.0 Å². The van der Waals surface area contributed by atoms with Gasteiger partial charge in [0.05, 0.1) is 26.4 Å². The minimum atomic E-state index is -0.0916. The summed E-state index contributed by atoms with van der Waals surface area (Å²) in [5.74, 6) is 1.79. The molecule has 0 fully saturated rings. The van der Waals surface area contributed by atoms with Gasteiger partial charge in [-0.2, -0.15) is 0 Å². The fourth-order valence-electron chi connectivity index (χ4n) is 2.26. The molecule has 0 spiro atoms. The highest BCUT2D eigenvalue weighted by Crippen LogP contribution is 2.29. The molecule has 128 valence electrons. The lowest BCUT2D eigenvalue weighted by Crippen LogP contribution is -2.12. The van der Waals surface area contributed by atoms with E-state index in [0.29, 0.717) is 40.8 Å². The van der Waals surface area contributed by atoms with Crippen LogP contribution < -0.4 is 19.5 Å². The number of carbonyl (C=O) groups is 1. The summed E-state index contributed by atoms with van der Waals surface area (Å²) in [5.41, 5.74) is 1.63. The van der Waals surface area contributed by atoms with Crippen LogP contribution in [0, 0.1) is 0 Å². The summed E-state index contributed by atoms with van der Waals surface area (Å²) in [5, 5.41) is 3.27. The predicted octanol–water partition coefficient (Wildman–Crippen LogP) is 3.94. The highest BCUT2D eigenvalue weighted by molar-refractivity contribution is 6.32. The molecular formula is C18H20ClNO4. The number of anilines is 1. The molecule has 6 heteroatoms. The Bertz CT molecular complexity index is 718. The van der Waals surface area contributed by atoms with Crippen LogP contribution in [0.4, 0.5) is 5.69 Å². The van der Waals surface area contributed by atoms with Gasteiger partial charge in [0.1, 0.15) is 5.75 Å². The third-order valence-electron chi connectivity index (χ3n) is 3.52. The van der Waals surface area contributed by atoms with Gasteiger partial charge >= 0.3 is 0 Å². The van der Waals surface area contributed by atoms with E-state index in [1.54, 1.807) is 39.5 Å². The minimum absolute atomic E-state index is 0.0916. The Balaban J connectivity index is 1.94. The zero-order valence-electron chi connectivity index (χ0n) is 13.9. The molecule has 1 amide bonds. The van der Waals surface area contributed by atoms with Crippen LogP contribution in [0.25, 0.3) is 0 Å². The second kappa shape index (κ2) is 8.45. The van der Waals surface area contributed by atoms with Gasteiger partial charge in [-0.05, 0) is 42.3 Å². The van der Waals surface area contributed by atoms with Crippen molar-refractivity contribution in [3.63, 3.8) is 0 Å². The Labute approximate surface area is 146 Å². The quantitative estimate of drug-likeness (QED) is 0.822. The maximum absolute atomic E-state index is 12.1. The van der Waals surface area contributed by atoms with E-state index in [1.165, 1.54) is 0 Å². The lowest BCUT2D eigenvalue weighted by molar-refractivity contribution is -0.116. The Morgan fingerprint density at radius 1 is 0.958 bits per heavy atom. The maximum Gasteiger partial charge on any atom is 0.224 e. The molecule has 0 bridgehead atoms. The smallest absolute Gasteiger partial charge is 0.224 e. The average molecular weight is 350 g/mol. The standard InChI is InChI=1S/C18H20ClNO4/c1-22-15-8-6-13(11-14(15)19)20-18(21)9-5-12-4-7-16(23-2)17(10-12)24-3/h4,6-8,10-11H,5,9H2,1-3H3,(H,20,21). The van der Waals surface area contributed by atoms with Gasteiger partial charge in [0, 0.05) is 12.1 Å². The lowest BCUT2D eigenvalue weighted by Gasteiger charge is -2.10. The van der Waals surface area contributed by atoms with Gasteiger partial charge in [-0.3, -0.25) is 4.79 Å². The fourth-order valence-corrected chi connectivity index (χ4v) is 2.52. The van der Waals surface area contributed by atoms with Gasteiger partial charge in [-0.1, -0.05) is 17.7 Å². The average Bonchev–Trinajstić information content (AvgIpc) is 2.59. The number of carbonyl (C=O) groups excluding carboxylic acids is 1. The zero-order chi connectivity index (χ0) is 17.5. The molecule has 0 radical (unpaired) electrons. The van der Waals surface area contributed by atoms with Gasteiger partial charge in [0.15, 0.2) is 11.5 Å². The first-order chi connectivity index (χ1) is 11.6. The molecule has 2 aromatic rings. The van der Waals surface area contributed by atoms with Gasteiger partial charge in [0.2, 0.25) is 5.91 Å². The van der Waals surface area contributed by atoms with Crippen molar-refractivity contribution in [1.82, 2.24) is 0 Å². The van der Waals surface area contributed by atoms with E-state index in [-0.39, 0.29) is 5.91 Å². The van der Waals surface area contributed by atoms with E-state index in [0.717, 1.165) is 5.56 Å². The topological polar surface area (TPSA) is 56.8 Å². The number of hydrogen-bond acceptors (Lipinski definition) is 4. The van der Waals surface area contributed by atoms with Crippen LogP contribution in [0.5, 0.6) is 17.2 Å². The molecule has 0 saturated heterocycles. The van der Waals surface area contributed by atoms with Crippen molar-refractivity contribution in [2.24, 2.45) is 0 Å². The van der Waals surface area contributed by atoms with Crippen LogP contribution in [-0.2, 0) is 11.2 Å². The van der Waals surface area contributed by atoms with Crippen molar-refractivity contribution >= 4 is 23.2 Å². The monoisotopic (exact) mass is 349 g/mol. The summed E-state index contributed by atoms with van der Waals surface area (Å²) in [6.45, 7) is 0. The molecule has 0 unspecified atom stereocenters. The zero-order valence-corrected chi connectivity index (χ0v) is 14.6. The van der Waals surface area contributed by atoms with Crippen LogP contribution in [0.3, 0.4) is 0 Å². The fraction of sp³-hybridized carbons (Fsp3) is 0.278. The van der Waals surface area contributed by atoms with Crippen LogP contribution in [0.2, 0.25) is 5.02 Å². The molecule has 0 atom stereocenters. The SMILES string of the molecule is COc1ccc(NC(=O)CCc2ccc(OC)c(OC)c2)cc1Cl. The molecule has 2 aromatic carbocycles. The van der Waals surface area contributed by atoms with Crippen LogP contribution >= 0.6 is 11.6 Å². The van der Waals surface area contributed by atoms with E-state index in [2.05, 4.69) is 5.32 Å². The molecule has 0 aliphatic heterocycles. The Hall–Kier alpha value is -2.40. The normalized spacial score (nSPS) is 10.2. The number of ether oxygens (including phenoxy) is 3. The summed E-state index contributed by atoms with van der Waals surface area (Å²) in [4.78, 5) is 12.1. The largest absolute Gasteiger partial charge is 0.495 e. The molecule has 0 aliphatic carbocycles. The summed E-state index contributed by atoms with van der Waals surface area (Å²) >= 11 is 6.05. The van der Waals surface area contributed by atoms with Gasteiger partial charge in [0.25, 0.3) is 0 Å². The van der Waals surface area contributed by atoms with E-state index >= 15 is 0 Å². The Morgan fingerprint density at radius 3 is 2.25 bits per heavy atom. The highest BCUT2D eigenvalue weighted by atomic mass is 35.5. The molecule has 2 rings (SSSR count). The van der Waals surface area contributed by atoms with E-state index in [1.807, 2.05) is 18.2 Å². The Morgan fingerprint density at radius 2 is 1.62 bits per heavy atom. The number of methoxy groups -OCH3 is 3. The number of rotatable bonds is 7. The van der Waals surface area contributed by atoms with E-state index < -0.39 is 0 Å². The third kappa shape index (κ3) is 4.55. The van der Waals surface area contributed by atoms with Crippen LogP contribution in [0.1, 0.15) is 12.0 Å². The summed E-state index contributed by atoms with van der Waals surface area (Å²) in [6.07, 6.45) is 0.940. The summed E-state index contributed by atoms with van der Waals surface area (Å²) in [6, 6.07) is 10.7. The predicted molar refractivity (Wildman–Crippen MR) is 94.5 cm³/mol. The number of halogens is 1. The number of aryl methyl sites for hydroxylation is 1. The Kier molecular flexibility index (Phi) is 6.32. The van der Waals surface area contributed by atoms with Gasteiger partial charge < -0.3 is 19.5 Å². The highest BCUT2D eigenvalue weighted by Gasteiger charge is 2.08. The molecule has 0 heterocycles. The number of hydrogen-bond donors (Lipinski definition) is 1.